The number of rotatable bonds is 4. The monoisotopic (exact) mass is 361 g/mol. The molecule has 4 rings (SSSR count). The average Bonchev–Trinajstić information content (AvgIpc) is 3.12. The van der Waals surface area contributed by atoms with Crippen LogP contribution in [-0.4, -0.2) is 27.0 Å². The van der Waals surface area contributed by atoms with Crippen molar-refractivity contribution in [3.63, 3.8) is 0 Å². The second kappa shape index (κ2) is 7.32. The van der Waals surface area contributed by atoms with Gasteiger partial charge in [-0.3, -0.25) is 9.78 Å². The van der Waals surface area contributed by atoms with Crippen LogP contribution in [0.5, 0.6) is 0 Å². The van der Waals surface area contributed by atoms with Gasteiger partial charge in [-0.1, -0.05) is 18.2 Å². The second-order valence-electron chi connectivity index (χ2n) is 6.84. The lowest BCUT2D eigenvalue weighted by molar-refractivity contribution is 0.0951. The molecule has 1 aliphatic rings. The summed E-state index contributed by atoms with van der Waals surface area (Å²) in [6, 6.07) is 7.58. The van der Waals surface area contributed by atoms with Crippen LogP contribution in [0.1, 0.15) is 32.7 Å². The number of carbonyl (C=O) groups excluding carboxylic acids is 1. The van der Waals surface area contributed by atoms with Crippen molar-refractivity contribution in [1.82, 2.24) is 25.2 Å². The smallest absolute Gasteiger partial charge is 0.252 e. The summed E-state index contributed by atoms with van der Waals surface area (Å²) in [7, 11) is 1.93. The Kier molecular flexibility index (Phi) is 4.73. The number of nitrogens with zero attached hydrogens (tertiary/aromatic N) is 3. The first-order chi connectivity index (χ1) is 13.1. The van der Waals surface area contributed by atoms with E-state index in [2.05, 4.69) is 20.6 Å². The van der Waals surface area contributed by atoms with Gasteiger partial charge in [-0.05, 0) is 42.6 Å². The Hall–Kier alpha value is -2.99. The van der Waals surface area contributed by atoms with Crippen LogP contribution in [0.2, 0.25) is 0 Å². The van der Waals surface area contributed by atoms with Gasteiger partial charge in [0.15, 0.2) is 0 Å². The van der Waals surface area contributed by atoms with Crippen LogP contribution in [0.25, 0.3) is 11.4 Å². The van der Waals surface area contributed by atoms with Crippen molar-refractivity contribution >= 4 is 5.91 Å². The number of amides is 1. The molecule has 1 aromatic carbocycles. The normalized spacial score (nSPS) is 13.3. The maximum absolute atomic E-state index is 12.9. The fourth-order valence-corrected chi connectivity index (χ4v) is 3.64. The number of nitrogens with one attached hydrogen (secondary N) is 2. The van der Waals surface area contributed by atoms with Gasteiger partial charge in [-0.2, -0.15) is 0 Å². The fourth-order valence-electron chi connectivity index (χ4n) is 3.64. The fraction of sp³-hybridized carbons (Fsp3) is 0.286. The van der Waals surface area contributed by atoms with Crippen LogP contribution in [0.15, 0.2) is 42.9 Å². The van der Waals surface area contributed by atoms with Crippen molar-refractivity contribution in [2.75, 3.05) is 6.54 Å². The molecule has 0 spiro atoms. The summed E-state index contributed by atoms with van der Waals surface area (Å²) in [4.78, 5) is 21.8. The molecule has 1 amide bonds. The van der Waals surface area contributed by atoms with E-state index in [1.54, 1.807) is 6.20 Å². The molecule has 2 N–H and O–H groups in total. The zero-order chi connectivity index (χ0) is 18.8. The highest BCUT2D eigenvalue weighted by molar-refractivity contribution is 6.00. The van der Waals surface area contributed by atoms with E-state index in [4.69, 9.17) is 0 Å². The minimum Gasteiger partial charge on any atom is -0.348 e. The van der Waals surface area contributed by atoms with Gasteiger partial charge in [0.05, 0.1) is 5.56 Å². The molecule has 0 radical (unpaired) electrons. The Bertz CT molecular complexity index is 992. The molecule has 6 heteroatoms. The lowest BCUT2D eigenvalue weighted by Gasteiger charge is -2.21. The molecule has 0 saturated carbocycles. The highest BCUT2D eigenvalue weighted by atomic mass is 16.1. The summed E-state index contributed by atoms with van der Waals surface area (Å²) in [6.45, 7) is 4.28. The lowest BCUT2D eigenvalue weighted by atomic mass is 9.96. The van der Waals surface area contributed by atoms with E-state index < -0.39 is 0 Å². The number of hydrogen-bond donors (Lipinski definition) is 2. The maximum Gasteiger partial charge on any atom is 0.252 e. The molecule has 0 bridgehead atoms. The van der Waals surface area contributed by atoms with Crippen molar-refractivity contribution < 1.29 is 4.79 Å². The number of imidazole rings is 1. The number of pyridine rings is 1. The van der Waals surface area contributed by atoms with Gasteiger partial charge in [0, 0.05) is 50.0 Å². The summed E-state index contributed by atoms with van der Waals surface area (Å²) >= 11 is 0. The second-order valence-corrected chi connectivity index (χ2v) is 6.84. The average molecular weight is 361 g/mol. The zero-order valence-electron chi connectivity index (χ0n) is 15.6. The van der Waals surface area contributed by atoms with Crippen LogP contribution in [0.4, 0.5) is 0 Å². The number of benzene rings is 1. The molecule has 0 unspecified atom stereocenters. The summed E-state index contributed by atoms with van der Waals surface area (Å²) in [5, 5.41) is 6.46. The number of aromatic nitrogens is 3. The molecule has 0 fully saturated rings. The van der Waals surface area contributed by atoms with Crippen molar-refractivity contribution in [1.29, 1.82) is 0 Å². The molecule has 6 nitrogen and oxygen atoms in total. The Morgan fingerprint density at radius 1 is 1.30 bits per heavy atom. The quantitative estimate of drug-likeness (QED) is 0.748. The number of carbonyl (C=O) groups is 1. The van der Waals surface area contributed by atoms with Crippen molar-refractivity contribution in [2.45, 2.75) is 26.4 Å². The number of fused-ring (bicyclic) bond motifs is 1. The van der Waals surface area contributed by atoms with E-state index in [0.29, 0.717) is 12.1 Å². The van der Waals surface area contributed by atoms with Gasteiger partial charge in [0.2, 0.25) is 0 Å². The highest BCUT2D eigenvalue weighted by Crippen LogP contribution is 2.23. The van der Waals surface area contributed by atoms with E-state index in [0.717, 1.165) is 42.2 Å². The molecular formula is C21H23N5O. The van der Waals surface area contributed by atoms with E-state index in [1.165, 1.54) is 11.1 Å². The minimum atomic E-state index is -0.0977. The van der Waals surface area contributed by atoms with Crippen LogP contribution in [0, 0.1) is 6.92 Å². The van der Waals surface area contributed by atoms with Gasteiger partial charge >= 0.3 is 0 Å². The van der Waals surface area contributed by atoms with Crippen molar-refractivity contribution in [3.05, 3.63) is 70.8 Å². The summed E-state index contributed by atoms with van der Waals surface area (Å²) in [5.74, 6) is 0.682. The Balaban J connectivity index is 1.59. The predicted octanol–water partition coefficient (Wildman–Crippen LogP) is 2.37. The van der Waals surface area contributed by atoms with E-state index in [-0.39, 0.29) is 5.91 Å². The molecule has 0 aliphatic carbocycles. The molecule has 0 saturated heterocycles. The van der Waals surface area contributed by atoms with Gasteiger partial charge < -0.3 is 15.2 Å². The number of aryl methyl sites for hydroxylation is 2. The summed E-state index contributed by atoms with van der Waals surface area (Å²) in [5.41, 5.74) is 6.12. The SMILES string of the molecule is Cc1ncc2c(c1CNC(=O)c1ccccc1-c1nccn1C)CCNC2. The van der Waals surface area contributed by atoms with Gasteiger partial charge in [-0.25, -0.2) is 4.98 Å². The molecule has 3 heterocycles. The third-order valence-corrected chi connectivity index (χ3v) is 5.13. The molecule has 1 aliphatic heterocycles. The van der Waals surface area contributed by atoms with Crippen LogP contribution < -0.4 is 10.6 Å². The van der Waals surface area contributed by atoms with Gasteiger partial charge in [0.1, 0.15) is 5.82 Å². The third kappa shape index (κ3) is 3.36. The molecule has 3 aromatic rings. The van der Waals surface area contributed by atoms with Crippen molar-refractivity contribution in [2.24, 2.45) is 7.05 Å². The maximum atomic E-state index is 12.9. The van der Waals surface area contributed by atoms with Gasteiger partial charge in [0.25, 0.3) is 5.91 Å². The standard InChI is InChI=1S/C21H23N5O/c1-14-19(16-7-8-22-11-15(16)12-24-14)13-25-21(27)18-6-4-3-5-17(18)20-23-9-10-26(20)2/h3-6,9-10,12,22H,7-8,11,13H2,1-2H3,(H,25,27). The molecule has 27 heavy (non-hydrogen) atoms. The predicted molar refractivity (Wildman–Crippen MR) is 104 cm³/mol. The first-order valence-electron chi connectivity index (χ1n) is 9.17. The topological polar surface area (TPSA) is 71.8 Å². The largest absolute Gasteiger partial charge is 0.348 e. The first-order valence-corrected chi connectivity index (χ1v) is 9.17. The van der Waals surface area contributed by atoms with E-state index in [9.17, 15) is 4.79 Å². The van der Waals surface area contributed by atoms with E-state index in [1.807, 2.05) is 55.2 Å². The summed E-state index contributed by atoms with van der Waals surface area (Å²) < 4.78 is 1.92. The summed E-state index contributed by atoms with van der Waals surface area (Å²) in [6.07, 6.45) is 6.53. The highest BCUT2D eigenvalue weighted by Gasteiger charge is 2.18. The van der Waals surface area contributed by atoms with Crippen LogP contribution in [0.3, 0.4) is 0 Å². The third-order valence-electron chi connectivity index (χ3n) is 5.13. The van der Waals surface area contributed by atoms with Crippen LogP contribution in [-0.2, 0) is 26.6 Å². The molecule has 2 aromatic heterocycles. The van der Waals surface area contributed by atoms with Crippen molar-refractivity contribution in [3.8, 4) is 11.4 Å². The Morgan fingerprint density at radius 3 is 2.96 bits per heavy atom. The first kappa shape index (κ1) is 17.4. The van der Waals surface area contributed by atoms with Crippen LogP contribution >= 0.6 is 0 Å². The number of hydrogen-bond acceptors (Lipinski definition) is 4. The zero-order valence-corrected chi connectivity index (χ0v) is 15.6. The van der Waals surface area contributed by atoms with E-state index >= 15 is 0 Å². The molecule has 138 valence electrons. The Morgan fingerprint density at radius 2 is 2.15 bits per heavy atom. The molecular weight excluding hydrogens is 338 g/mol. The Labute approximate surface area is 158 Å². The minimum absolute atomic E-state index is 0.0977. The lowest BCUT2D eigenvalue weighted by Crippen LogP contribution is -2.29. The molecule has 0 atom stereocenters. The van der Waals surface area contributed by atoms with Gasteiger partial charge in [-0.15, -0.1) is 0 Å².